The molecule has 1 aromatic carbocycles. The number of rotatable bonds is 3. The lowest BCUT2D eigenvalue weighted by atomic mass is 9.79. The van der Waals surface area contributed by atoms with E-state index in [1.54, 1.807) is 12.1 Å². The Hall–Kier alpha value is -1.13. The minimum Gasteiger partial charge on any atom is -0.494 e. The van der Waals surface area contributed by atoms with Gasteiger partial charge in [-0.1, -0.05) is 6.07 Å². The standard InChI is InChI=1S/C14H21FN2O/c1-9-5-12(11(7-16)8-17-9)10-3-4-14(18-2)13(15)6-10/h3-4,6,9,11-12,17H,5,7-8,16H2,1-2H3. The molecule has 1 aliphatic heterocycles. The number of nitrogens with two attached hydrogens (primary N) is 1. The van der Waals surface area contributed by atoms with E-state index < -0.39 is 0 Å². The second kappa shape index (κ2) is 5.67. The lowest BCUT2D eigenvalue weighted by Gasteiger charge is -2.35. The molecular weight excluding hydrogens is 231 g/mol. The summed E-state index contributed by atoms with van der Waals surface area (Å²) in [7, 11) is 1.48. The second-order valence-electron chi connectivity index (χ2n) is 5.04. The topological polar surface area (TPSA) is 47.3 Å². The first kappa shape index (κ1) is 13.3. The van der Waals surface area contributed by atoms with E-state index in [2.05, 4.69) is 12.2 Å². The van der Waals surface area contributed by atoms with Crippen LogP contribution in [-0.4, -0.2) is 26.2 Å². The Morgan fingerprint density at radius 1 is 1.50 bits per heavy atom. The molecule has 4 heteroatoms. The number of piperidine rings is 1. The molecule has 1 saturated heterocycles. The summed E-state index contributed by atoms with van der Waals surface area (Å²) in [5.41, 5.74) is 6.84. The lowest BCUT2D eigenvalue weighted by molar-refractivity contribution is 0.284. The van der Waals surface area contributed by atoms with Gasteiger partial charge in [0, 0.05) is 6.04 Å². The van der Waals surface area contributed by atoms with Crippen molar-refractivity contribution in [3.05, 3.63) is 29.6 Å². The summed E-state index contributed by atoms with van der Waals surface area (Å²) in [6.45, 7) is 3.67. The molecule has 1 aromatic rings. The molecular formula is C14H21FN2O. The van der Waals surface area contributed by atoms with Crippen molar-refractivity contribution < 1.29 is 9.13 Å². The average Bonchev–Trinajstić information content (AvgIpc) is 2.38. The number of nitrogens with one attached hydrogen (secondary N) is 1. The molecule has 0 spiro atoms. The zero-order chi connectivity index (χ0) is 13.1. The van der Waals surface area contributed by atoms with Crippen LogP contribution in [0.2, 0.25) is 0 Å². The third kappa shape index (κ3) is 2.65. The predicted molar refractivity (Wildman–Crippen MR) is 70.3 cm³/mol. The molecule has 0 saturated carbocycles. The van der Waals surface area contributed by atoms with E-state index in [0.717, 1.165) is 18.5 Å². The number of hydrogen-bond acceptors (Lipinski definition) is 3. The van der Waals surface area contributed by atoms with Gasteiger partial charge < -0.3 is 15.8 Å². The van der Waals surface area contributed by atoms with Gasteiger partial charge in [-0.15, -0.1) is 0 Å². The monoisotopic (exact) mass is 252 g/mol. The van der Waals surface area contributed by atoms with Crippen molar-refractivity contribution in [3.8, 4) is 5.75 Å². The zero-order valence-corrected chi connectivity index (χ0v) is 10.9. The fourth-order valence-electron chi connectivity index (χ4n) is 2.72. The van der Waals surface area contributed by atoms with Gasteiger partial charge in [0.1, 0.15) is 0 Å². The van der Waals surface area contributed by atoms with Crippen LogP contribution in [0.4, 0.5) is 4.39 Å². The molecule has 3 unspecified atom stereocenters. The van der Waals surface area contributed by atoms with Gasteiger partial charge in [0.15, 0.2) is 11.6 Å². The molecule has 0 aliphatic carbocycles. The SMILES string of the molecule is COc1ccc(C2CC(C)NCC2CN)cc1F. The van der Waals surface area contributed by atoms with Gasteiger partial charge in [-0.05, 0) is 56.0 Å². The first-order valence-electron chi connectivity index (χ1n) is 6.42. The van der Waals surface area contributed by atoms with Crippen molar-refractivity contribution in [2.75, 3.05) is 20.2 Å². The van der Waals surface area contributed by atoms with Gasteiger partial charge in [0.05, 0.1) is 7.11 Å². The van der Waals surface area contributed by atoms with Gasteiger partial charge in [0.25, 0.3) is 0 Å². The van der Waals surface area contributed by atoms with Crippen LogP contribution in [-0.2, 0) is 0 Å². The van der Waals surface area contributed by atoms with Gasteiger partial charge in [-0.2, -0.15) is 0 Å². The summed E-state index contributed by atoms with van der Waals surface area (Å²) in [6, 6.07) is 5.69. The third-order valence-electron chi connectivity index (χ3n) is 3.81. The second-order valence-corrected chi connectivity index (χ2v) is 5.04. The molecule has 0 aromatic heterocycles. The van der Waals surface area contributed by atoms with Gasteiger partial charge in [-0.3, -0.25) is 0 Å². The van der Waals surface area contributed by atoms with Crippen molar-refractivity contribution in [2.45, 2.75) is 25.3 Å². The largest absolute Gasteiger partial charge is 0.494 e. The molecule has 0 amide bonds. The Morgan fingerprint density at radius 3 is 2.89 bits per heavy atom. The maximum absolute atomic E-state index is 13.8. The van der Waals surface area contributed by atoms with Crippen LogP contribution in [0, 0.1) is 11.7 Å². The summed E-state index contributed by atoms with van der Waals surface area (Å²) in [4.78, 5) is 0. The third-order valence-corrected chi connectivity index (χ3v) is 3.81. The van der Waals surface area contributed by atoms with Crippen LogP contribution in [0.3, 0.4) is 0 Å². The molecule has 3 N–H and O–H groups in total. The van der Waals surface area contributed by atoms with Crippen LogP contribution >= 0.6 is 0 Å². The molecule has 1 aliphatic rings. The highest BCUT2D eigenvalue weighted by Crippen LogP contribution is 2.33. The summed E-state index contributed by atoms with van der Waals surface area (Å²) < 4.78 is 18.7. The number of ether oxygens (including phenoxy) is 1. The predicted octanol–water partition coefficient (Wildman–Crippen LogP) is 1.87. The van der Waals surface area contributed by atoms with Crippen LogP contribution in [0.15, 0.2) is 18.2 Å². The first-order chi connectivity index (χ1) is 8.65. The van der Waals surface area contributed by atoms with E-state index in [4.69, 9.17) is 10.5 Å². The van der Waals surface area contributed by atoms with Crippen molar-refractivity contribution in [3.63, 3.8) is 0 Å². The summed E-state index contributed by atoms with van der Waals surface area (Å²) in [6.07, 6.45) is 0.994. The molecule has 3 nitrogen and oxygen atoms in total. The molecule has 0 bridgehead atoms. The van der Waals surface area contributed by atoms with Gasteiger partial charge >= 0.3 is 0 Å². The van der Waals surface area contributed by atoms with E-state index in [1.165, 1.54) is 7.11 Å². The highest BCUT2D eigenvalue weighted by atomic mass is 19.1. The molecule has 0 radical (unpaired) electrons. The fraction of sp³-hybridized carbons (Fsp3) is 0.571. The minimum atomic E-state index is -0.294. The number of methoxy groups -OCH3 is 1. The maximum Gasteiger partial charge on any atom is 0.165 e. The highest BCUT2D eigenvalue weighted by molar-refractivity contribution is 5.32. The Morgan fingerprint density at radius 2 is 2.28 bits per heavy atom. The van der Waals surface area contributed by atoms with Crippen LogP contribution in [0.1, 0.15) is 24.8 Å². The summed E-state index contributed by atoms with van der Waals surface area (Å²) >= 11 is 0. The van der Waals surface area contributed by atoms with Crippen LogP contribution < -0.4 is 15.8 Å². The van der Waals surface area contributed by atoms with E-state index in [0.29, 0.717) is 30.2 Å². The number of hydrogen-bond donors (Lipinski definition) is 2. The normalized spacial score (nSPS) is 28.1. The molecule has 2 rings (SSSR count). The highest BCUT2D eigenvalue weighted by Gasteiger charge is 2.29. The van der Waals surface area contributed by atoms with E-state index >= 15 is 0 Å². The zero-order valence-electron chi connectivity index (χ0n) is 10.9. The van der Waals surface area contributed by atoms with Crippen molar-refractivity contribution >= 4 is 0 Å². The molecule has 1 heterocycles. The maximum atomic E-state index is 13.8. The minimum absolute atomic E-state index is 0.294. The summed E-state index contributed by atoms with van der Waals surface area (Å²) in [5.74, 6) is 0.697. The van der Waals surface area contributed by atoms with Crippen molar-refractivity contribution in [2.24, 2.45) is 11.7 Å². The van der Waals surface area contributed by atoms with Crippen LogP contribution in [0.5, 0.6) is 5.75 Å². The fourth-order valence-corrected chi connectivity index (χ4v) is 2.72. The Balaban J connectivity index is 2.25. The lowest BCUT2D eigenvalue weighted by Crippen LogP contribution is -2.44. The molecule has 100 valence electrons. The van der Waals surface area contributed by atoms with E-state index in [1.807, 2.05) is 6.07 Å². The van der Waals surface area contributed by atoms with Gasteiger partial charge in [0.2, 0.25) is 0 Å². The van der Waals surface area contributed by atoms with Crippen molar-refractivity contribution in [1.29, 1.82) is 0 Å². The molecule has 3 atom stereocenters. The van der Waals surface area contributed by atoms with E-state index in [9.17, 15) is 4.39 Å². The Bertz CT molecular complexity index is 411. The van der Waals surface area contributed by atoms with Crippen LogP contribution in [0.25, 0.3) is 0 Å². The van der Waals surface area contributed by atoms with Crippen molar-refractivity contribution in [1.82, 2.24) is 5.32 Å². The van der Waals surface area contributed by atoms with E-state index in [-0.39, 0.29) is 5.82 Å². The molecule has 18 heavy (non-hydrogen) atoms. The Labute approximate surface area is 108 Å². The van der Waals surface area contributed by atoms with Gasteiger partial charge in [-0.25, -0.2) is 4.39 Å². The number of halogens is 1. The average molecular weight is 252 g/mol. The summed E-state index contributed by atoms with van der Waals surface area (Å²) in [5, 5.41) is 3.42. The molecule has 1 fully saturated rings. The quantitative estimate of drug-likeness (QED) is 0.863. The first-order valence-corrected chi connectivity index (χ1v) is 6.42. The number of benzene rings is 1. The Kier molecular flexibility index (Phi) is 4.19. The smallest absolute Gasteiger partial charge is 0.165 e.